The third kappa shape index (κ3) is 2.24. The molecule has 2 rings (SSSR count). The lowest BCUT2D eigenvalue weighted by Crippen LogP contribution is -2.13. The quantitative estimate of drug-likeness (QED) is 0.900. The van der Waals surface area contributed by atoms with E-state index in [1.165, 1.54) is 11.3 Å². The van der Waals surface area contributed by atoms with E-state index in [4.69, 9.17) is 5.11 Å². The molecule has 0 aliphatic rings. The highest BCUT2D eigenvalue weighted by atomic mass is 32.1. The van der Waals surface area contributed by atoms with E-state index in [1.807, 2.05) is 0 Å². The molecule has 2 N–H and O–H groups in total. The molecule has 6 nitrogen and oxygen atoms in total. The molecule has 18 heavy (non-hydrogen) atoms. The molecule has 2 heterocycles. The summed E-state index contributed by atoms with van der Waals surface area (Å²) < 4.78 is 3.93. The Hall–Kier alpha value is -1.80. The Morgan fingerprint density at radius 3 is 2.61 bits per heavy atom. The standard InChI is InChI=1S/C10H9N3O3S2/c1-4-6(10(15)16)9(18-13-4)12-8(14)7-5(2)11-3-17-7/h3H,1-2H3,(H,12,14)(H,15,16). The van der Waals surface area contributed by atoms with E-state index in [9.17, 15) is 9.59 Å². The summed E-state index contributed by atoms with van der Waals surface area (Å²) in [5, 5.41) is 11.8. The number of aromatic nitrogens is 2. The number of carbonyl (C=O) groups is 2. The second kappa shape index (κ2) is 4.83. The predicted molar refractivity (Wildman–Crippen MR) is 68.6 cm³/mol. The lowest BCUT2D eigenvalue weighted by atomic mass is 10.2. The van der Waals surface area contributed by atoms with Gasteiger partial charge in [-0.1, -0.05) is 0 Å². The van der Waals surface area contributed by atoms with Gasteiger partial charge < -0.3 is 10.4 Å². The predicted octanol–water partition coefficient (Wildman–Crippen LogP) is 2.17. The molecular weight excluding hydrogens is 274 g/mol. The van der Waals surface area contributed by atoms with Crippen molar-refractivity contribution in [1.29, 1.82) is 0 Å². The first-order valence-electron chi connectivity index (χ1n) is 4.91. The first-order valence-corrected chi connectivity index (χ1v) is 6.57. The highest BCUT2D eigenvalue weighted by Crippen LogP contribution is 2.25. The summed E-state index contributed by atoms with van der Waals surface area (Å²) in [5.74, 6) is -1.46. The zero-order valence-electron chi connectivity index (χ0n) is 9.55. The Morgan fingerprint density at radius 1 is 1.33 bits per heavy atom. The Labute approximate surface area is 110 Å². The molecule has 0 aromatic carbocycles. The first kappa shape index (κ1) is 12.7. The van der Waals surface area contributed by atoms with Crippen LogP contribution in [-0.4, -0.2) is 26.3 Å². The Kier molecular flexibility index (Phi) is 3.39. The molecule has 94 valence electrons. The van der Waals surface area contributed by atoms with Gasteiger partial charge in [0.15, 0.2) is 0 Å². The van der Waals surface area contributed by atoms with Crippen LogP contribution in [0.4, 0.5) is 5.00 Å². The highest BCUT2D eigenvalue weighted by molar-refractivity contribution is 7.13. The van der Waals surface area contributed by atoms with Gasteiger partial charge in [-0.05, 0) is 25.4 Å². The molecule has 0 unspecified atom stereocenters. The molecule has 8 heteroatoms. The van der Waals surface area contributed by atoms with E-state index in [1.54, 1.807) is 19.4 Å². The third-order valence-corrected chi connectivity index (χ3v) is 4.04. The van der Waals surface area contributed by atoms with E-state index in [2.05, 4.69) is 14.7 Å². The maximum Gasteiger partial charge on any atom is 0.340 e. The maximum atomic E-state index is 11.9. The minimum Gasteiger partial charge on any atom is -0.478 e. The molecule has 0 spiro atoms. The van der Waals surface area contributed by atoms with Crippen LogP contribution in [0.25, 0.3) is 0 Å². The Balaban J connectivity index is 2.28. The minimum atomic E-state index is -1.10. The fourth-order valence-corrected chi connectivity index (χ4v) is 2.87. The zero-order chi connectivity index (χ0) is 13.3. The van der Waals surface area contributed by atoms with Crippen LogP contribution in [0, 0.1) is 13.8 Å². The van der Waals surface area contributed by atoms with E-state index < -0.39 is 5.97 Å². The van der Waals surface area contributed by atoms with Gasteiger partial charge >= 0.3 is 5.97 Å². The molecule has 0 saturated carbocycles. The molecule has 0 radical (unpaired) electrons. The van der Waals surface area contributed by atoms with E-state index >= 15 is 0 Å². The number of amides is 1. The van der Waals surface area contributed by atoms with Crippen LogP contribution < -0.4 is 5.32 Å². The minimum absolute atomic E-state index is 0.0375. The van der Waals surface area contributed by atoms with Crippen LogP contribution in [0.3, 0.4) is 0 Å². The molecule has 0 aliphatic carbocycles. The molecular formula is C10H9N3O3S2. The van der Waals surface area contributed by atoms with Crippen molar-refractivity contribution in [3.05, 3.63) is 27.3 Å². The number of hydrogen-bond donors (Lipinski definition) is 2. The molecule has 1 amide bonds. The van der Waals surface area contributed by atoms with Crippen molar-refractivity contribution in [2.24, 2.45) is 0 Å². The van der Waals surface area contributed by atoms with Crippen molar-refractivity contribution in [3.63, 3.8) is 0 Å². The average Bonchev–Trinajstić information content (AvgIpc) is 2.85. The van der Waals surface area contributed by atoms with Gasteiger partial charge in [0.05, 0.1) is 16.9 Å². The highest BCUT2D eigenvalue weighted by Gasteiger charge is 2.21. The zero-order valence-corrected chi connectivity index (χ0v) is 11.2. The number of carbonyl (C=O) groups excluding carboxylic acids is 1. The summed E-state index contributed by atoms with van der Waals surface area (Å²) >= 11 is 2.17. The van der Waals surface area contributed by atoms with Crippen molar-refractivity contribution in [2.75, 3.05) is 5.32 Å². The van der Waals surface area contributed by atoms with Crippen molar-refractivity contribution in [3.8, 4) is 0 Å². The van der Waals surface area contributed by atoms with E-state index in [-0.39, 0.29) is 16.5 Å². The normalized spacial score (nSPS) is 10.3. The third-order valence-electron chi connectivity index (χ3n) is 2.26. The van der Waals surface area contributed by atoms with E-state index in [0.29, 0.717) is 16.3 Å². The molecule has 0 fully saturated rings. The van der Waals surface area contributed by atoms with Crippen LogP contribution in [0.15, 0.2) is 5.51 Å². The van der Waals surface area contributed by atoms with Gasteiger partial charge in [-0.2, -0.15) is 4.37 Å². The van der Waals surface area contributed by atoms with E-state index in [0.717, 1.165) is 11.5 Å². The summed E-state index contributed by atoms with van der Waals surface area (Å²) in [6.07, 6.45) is 0. The summed E-state index contributed by atoms with van der Waals surface area (Å²) in [6, 6.07) is 0. The monoisotopic (exact) mass is 283 g/mol. The van der Waals surface area contributed by atoms with Crippen molar-refractivity contribution < 1.29 is 14.7 Å². The maximum absolute atomic E-state index is 11.9. The van der Waals surface area contributed by atoms with Gasteiger partial charge in [0.1, 0.15) is 15.4 Å². The number of carboxylic acid groups (broad SMARTS) is 1. The number of nitrogens with zero attached hydrogens (tertiary/aromatic N) is 2. The smallest absolute Gasteiger partial charge is 0.340 e. The molecule has 0 saturated heterocycles. The molecule has 0 bridgehead atoms. The fourth-order valence-electron chi connectivity index (χ4n) is 1.39. The van der Waals surface area contributed by atoms with Crippen LogP contribution in [-0.2, 0) is 0 Å². The Morgan fingerprint density at radius 2 is 2.06 bits per heavy atom. The average molecular weight is 283 g/mol. The van der Waals surface area contributed by atoms with Crippen molar-refractivity contribution >= 4 is 39.7 Å². The van der Waals surface area contributed by atoms with Crippen LogP contribution in [0.1, 0.15) is 31.4 Å². The number of aryl methyl sites for hydroxylation is 2. The van der Waals surface area contributed by atoms with Crippen molar-refractivity contribution in [1.82, 2.24) is 9.36 Å². The number of thiazole rings is 1. The van der Waals surface area contributed by atoms with Crippen LogP contribution in [0.5, 0.6) is 0 Å². The van der Waals surface area contributed by atoms with Gasteiger partial charge in [0.25, 0.3) is 5.91 Å². The molecule has 2 aromatic rings. The topological polar surface area (TPSA) is 92.2 Å². The van der Waals surface area contributed by atoms with Crippen LogP contribution >= 0.6 is 22.9 Å². The van der Waals surface area contributed by atoms with Gasteiger partial charge in [-0.25, -0.2) is 9.78 Å². The number of hydrogen-bond acceptors (Lipinski definition) is 6. The lowest BCUT2D eigenvalue weighted by Gasteiger charge is -2.02. The van der Waals surface area contributed by atoms with Gasteiger partial charge in [0.2, 0.25) is 0 Å². The summed E-state index contributed by atoms with van der Waals surface area (Å²) in [4.78, 5) is 27.4. The number of aromatic carboxylic acids is 1. The largest absolute Gasteiger partial charge is 0.478 e. The number of rotatable bonds is 3. The number of anilines is 1. The SMILES string of the molecule is Cc1ncsc1C(=O)Nc1snc(C)c1C(=O)O. The van der Waals surface area contributed by atoms with Crippen molar-refractivity contribution in [2.45, 2.75) is 13.8 Å². The Bertz CT molecular complexity index is 618. The van der Waals surface area contributed by atoms with Gasteiger partial charge in [0, 0.05) is 0 Å². The molecule has 2 aromatic heterocycles. The lowest BCUT2D eigenvalue weighted by molar-refractivity contribution is 0.0697. The number of carboxylic acids is 1. The first-order chi connectivity index (χ1) is 8.50. The molecule has 0 aliphatic heterocycles. The summed E-state index contributed by atoms with van der Waals surface area (Å²) in [7, 11) is 0. The molecule has 0 atom stereocenters. The van der Waals surface area contributed by atoms with Crippen LogP contribution in [0.2, 0.25) is 0 Å². The fraction of sp³-hybridized carbons (Fsp3) is 0.200. The summed E-state index contributed by atoms with van der Waals surface area (Å²) in [6.45, 7) is 3.31. The van der Waals surface area contributed by atoms with Gasteiger partial charge in [-0.15, -0.1) is 11.3 Å². The second-order valence-electron chi connectivity index (χ2n) is 3.50. The number of nitrogens with one attached hydrogen (secondary N) is 1. The van der Waals surface area contributed by atoms with Gasteiger partial charge in [-0.3, -0.25) is 4.79 Å². The summed E-state index contributed by atoms with van der Waals surface area (Å²) in [5.41, 5.74) is 2.62. The second-order valence-corrected chi connectivity index (χ2v) is 5.13.